The van der Waals surface area contributed by atoms with E-state index in [1.54, 1.807) is 7.11 Å². The minimum absolute atomic E-state index is 0.00294. The third-order valence-electron chi connectivity index (χ3n) is 4.36. The summed E-state index contributed by atoms with van der Waals surface area (Å²) in [6, 6.07) is 9.72. The number of carbonyl (C=O) groups excluding carboxylic acids is 2. The van der Waals surface area contributed by atoms with Crippen LogP contribution < -0.4 is 5.32 Å². The van der Waals surface area contributed by atoms with Crippen molar-refractivity contribution in [2.75, 3.05) is 26.8 Å². The molecule has 0 spiro atoms. The molecular formula is C19H28N2O3. The van der Waals surface area contributed by atoms with Crippen LogP contribution in [0.3, 0.4) is 0 Å². The van der Waals surface area contributed by atoms with Crippen LogP contribution in [0.25, 0.3) is 0 Å². The molecular weight excluding hydrogens is 304 g/mol. The van der Waals surface area contributed by atoms with Gasteiger partial charge in [0.05, 0.1) is 6.04 Å². The molecule has 1 atom stereocenters. The Labute approximate surface area is 144 Å². The van der Waals surface area contributed by atoms with Crippen molar-refractivity contribution in [1.82, 2.24) is 10.2 Å². The Hall–Kier alpha value is -1.88. The van der Waals surface area contributed by atoms with E-state index in [-0.39, 0.29) is 17.9 Å². The van der Waals surface area contributed by atoms with Crippen LogP contribution in [0, 0.1) is 0 Å². The Morgan fingerprint density at radius 3 is 2.79 bits per heavy atom. The Balaban J connectivity index is 2.02. The molecule has 0 aliphatic carbocycles. The van der Waals surface area contributed by atoms with E-state index in [1.807, 2.05) is 35.2 Å². The van der Waals surface area contributed by atoms with Crippen LogP contribution in [-0.2, 0) is 14.3 Å². The molecule has 1 aromatic rings. The van der Waals surface area contributed by atoms with Gasteiger partial charge in [-0.1, -0.05) is 36.8 Å². The fourth-order valence-corrected chi connectivity index (χ4v) is 3.02. The average molecular weight is 332 g/mol. The van der Waals surface area contributed by atoms with Gasteiger partial charge in [-0.15, -0.1) is 0 Å². The maximum Gasteiger partial charge on any atom is 0.222 e. The van der Waals surface area contributed by atoms with Gasteiger partial charge in [-0.05, 0) is 24.8 Å². The molecule has 1 aliphatic rings. The lowest BCUT2D eigenvalue weighted by Crippen LogP contribution is -2.40. The zero-order valence-electron chi connectivity index (χ0n) is 14.5. The third-order valence-corrected chi connectivity index (χ3v) is 4.36. The predicted molar refractivity (Wildman–Crippen MR) is 93.5 cm³/mol. The summed E-state index contributed by atoms with van der Waals surface area (Å²) >= 11 is 0. The Bertz CT molecular complexity index is 519. The number of nitrogens with one attached hydrogen (secondary N) is 1. The maximum atomic E-state index is 12.3. The monoisotopic (exact) mass is 332 g/mol. The molecule has 1 aromatic carbocycles. The Kier molecular flexibility index (Phi) is 7.75. The number of hydrogen-bond acceptors (Lipinski definition) is 3. The van der Waals surface area contributed by atoms with Gasteiger partial charge in [-0.3, -0.25) is 9.59 Å². The topological polar surface area (TPSA) is 58.6 Å². The fourth-order valence-electron chi connectivity index (χ4n) is 3.02. The number of ether oxygens (including phenoxy) is 1. The number of likely N-dealkylation sites (tertiary alicyclic amines) is 1. The molecule has 0 radical (unpaired) electrons. The van der Waals surface area contributed by atoms with Crippen molar-refractivity contribution in [3.63, 3.8) is 0 Å². The van der Waals surface area contributed by atoms with Gasteiger partial charge in [0.1, 0.15) is 0 Å². The van der Waals surface area contributed by atoms with Gasteiger partial charge in [0.25, 0.3) is 0 Å². The molecule has 132 valence electrons. The molecule has 1 N–H and O–H groups in total. The summed E-state index contributed by atoms with van der Waals surface area (Å²) in [6.07, 6.45) is 4.85. The van der Waals surface area contributed by atoms with Crippen molar-refractivity contribution in [2.45, 2.75) is 44.6 Å². The van der Waals surface area contributed by atoms with Gasteiger partial charge in [0, 0.05) is 39.6 Å². The second kappa shape index (κ2) is 10.1. The normalized spacial score (nSPS) is 16.5. The SMILES string of the molecule is COCCCC(=O)NC(CN1CCCCCC1=O)c1ccccc1. The van der Waals surface area contributed by atoms with Crippen molar-refractivity contribution in [3.05, 3.63) is 35.9 Å². The van der Waals surface area contributed by atoms with E-state index in [1.165, 1.54) is 0 Å². The van der Waals surface area contributed by atoms with E-state index >= 15 is 0 Å². The number of rotatable bonds is 8. The second-order valence-electron chi connectivity index (χ2n) is 6.28. The lowest BCUT2D eigenvalue weighted by atomic mass is 10.1. The number of nitrogens with zero attached hydrogens (tertiary/aromatic N) is 1. The molecule has 0 bridgehead atoms. The van der Waals surface area contributed by atoms with Crippen molar-refractivity contribution in [3.8, 4) is 0 Å². The van der Waals surface area contributed by atoms with Crippen LogP contribution in [0.15, 0.2) is 30.3 Å². The molecule has 2 amide bonds. The largest absolute Gasteiger partial charge is 0.385 e. The molecule has 1 aliphatic heterocycles. The number of methoxy groups -OCH3 is 1. The highest BCUT2D eigenvalue weighted by Crippen LogP contribution is 2.18. The molecule has 1 unspecified atom stereocenters. The van der Waals surface area contributed by atoms with Crippen LogP contribution in [-0.4, -0.2) is 43.5 Å². The number of hydrogen-bond donors (Lipinski definition) is 1. The van der Waals surface area contributed by atoms with E-state index in [0.717, 1.165) is 31.4 Å². The Morgan fingerprint density at radius 2 is 2.04 bits per heavy atom. The standard InChI is InChI=1S/C19H28N2O3/c1-24-14-8-11-18(22)20-17(16-9-4-2-5-10-16)15-21-13-7-3-6-12-19(21)23/h2,4-5,9-10,17H,3,6-8,11-15H2,1H3,(H,20,22). The molecule has 1 heterocycles. The number of benzene rings is 1. The minimum atomic E-state index is -0.164. The first-order valence-electron chi connectivity index (χ1n) is 8.81. The van der Waals surface area contributed by atoms with E-state index < -0.39 is 0 Å². The first-order chi connectivity index (χ1) is 11.7. The quantitative estimate of drug-likeness (QED) is 0.745. The van der Waals surface area contributed by atoms with Crippen LogP contribution in [0.4, 0.5) is 0 Å². The van der Waals surface area contributed by atoms with E-state index in [9.17, 15) is 9.59 Å². The highest BCUT2D eigenvalue weighted by molar-refractivity contribution is 5.78. The molecule has 5 heteroatoms. The van der Waals surface area contributed by atoms with Gasteiger partial charge in [0.15, 0.2) is 0 Å². The van der Waals surface area contributed by atoms with E-state index in [4.69, 9.17) is 4.74 Å². The lowest BCUT2D eigenvalue weighted by Gasteiger charge is -2.27. The smallest absolute Gasteiger partial charge is 0.222 e. The number of carbonyl (C=O) groups is 2. The summed E-state index contributed by atoms with van der Waals surface area (Å²) in [5.41, 5.74) is 1.04. The summed E-state index contributed by atoms with van der Waals surface area (Å²) < 4.78 is 5.00. The fraction of sp³-hybridized carbons (Fsp3) is 0.579. The van der Waals surface area contributed by atoms with Crippen LogP contribution in [0.5, 0.6) is 0 Å². The highest BCUT2D eigenvalue weighted by atomic mass is 16.5. The molecule has 24 heavy (non-hydrogen) atoms. The first-order valence-corrected chi connectivity index (χ1v) is 8.81. The van der Waals surface area contributed by atoms with Crippen molar-refractivity contribution >= 4 is 11.8 Å². The first kappa shape index (κ1) is 18.5. The molecule has 5 nitrogen and oxygen atoms in total. The summed E-state index contributed by atoms with van der Waals surface area (Å²) in [5, 5.41) is 3.09. The van der Waals surface area contributed by atoms with Crippen LogP contribution in [0.2, 0.25) is 0 Å². The molecule has 2 rings (SSSR count). The van der Waals surface area contributed by atoms with Crippen molar-refractivity contribution in [1.29, 1.82) is 0 Å². The van der Waals surface area contributed by atoms with Gasteiger partial charge in [-0.25, -0.2) is 0 Å². The Morgan fingerprint density at radius 1 is 1.25 bits per heavy atom. The molecule has 1 fully saturated rings. The van der Waals surface area contributed by atoms with Gasteiger partial charge < -0.3 is 15.0 Å². The minimum Gasteiger partial charge on any atom is -0.385 e. The van der Waals surface area contributed by atoms with Gasteiger partial charge in [-0.2, -0.15) is 0 Å². The summed E-state index contributed by atoms with van der Waals surface area (Å²) in [6.45, 7) is 1.90. The van der Waals surface area contributed by atoms with Gasteiger partial charge in [0.2, 0.25) is 11.8 Å². The van der Waals surface area contributed by atoms with Crippen molar-refractivity contribution < 1.29 is 14.3 Å². The predicted octanol–water partition coefficient (Wildman–Crippen LogP) is 2.67. The second-order valence-corrected chi connectivity index (χ2v) is 6.28. The van der Waals surface area contributed by atoms with Crippen LogP contribution in [0.1, 0.15) is 50.1 Å². The van der Waals surface area contributed by atoms with Gasteiger partial charge >= 0.3 is 0 Å². The van der Waals surface area contributed by atoms with E-state index in [2.05, 4.69) is 5.32 Å². The summed E-state index contributed by atoms with van der Waals surface area (Å²) in [7, 11) is 1.63. The van der Waals surface area contributed by atoms with Crippen LogP contribution >= 0.6 is 0 Å². The average Bonchev–Trinajstić information content (AvgIpc) is 2.80. The number of amides is 2. The zero-order valence-corrected chi connectivity index (χ0v) is 14.5. The maximum absolute atomic E-state index is 12.3. The zero-order chi connectivity index (χ0) is 17.2. The molecule has 0 saturated carbocycles. The van der Waals surface area contributed by atoms with Crippen molar-refractivity contribution in [2.24, 2.45) is 0 Å². The molecule has 0 aromatic heterocycles. The summed E-state index contributed by atoms with van der Waals surface area (Å²) in [5.74, 6) is 0.199. The third kappa shape index (κ3) is 5.96. The van der Waals surface area contributed by atoms with E-state index in [0.29, 0.717) is 32.4 Å². The molecule has 1 saturated heterocycles. The summed E-state index contributed by atoms with van der Waals surface area (Å²) in [4.78, 5) is 26.4. The lowest BCUT2D eigenvalue weighted by molar-refractivity contribution is -0.132. The highest BCUT2D eigenvalue weighted by Gasteiger charge is 2.22.